The summed E-state index contributed by atoms with van der Waals surface area (Å²) < 4.78 is 234. The van der Waals surface area contributed by atoms with Gasteiger partial charge in [-0.1, -0.05) is 121 Å². The van der Waals surface area contributed by atoms with Crippen LogP contribution in [0.25, 0.3) is 88.5 Å². The van der Waals surface area contributed by atoms with Crippen LogP contribution < -0.4 is 0 Å². The highest BCUT2D eigenvalue weighted by Gasteiger charge is 2.17. The molecule has 210 valence electrons. The van der Waals surface area contributed by atoms with Gasteiger partial charge in [-0.25, -0.2) is 9.97 Å². The molecule has 7 aromatic carbocycles. The lowest BCUT2D eigenvalue weighted by atomic mass is 9.95. The van der Waals surface area contributed by atoms with Gasteiger partial charge in [0.05, 0.1) is 46.9 Å². The van der Waals surface area contributed by atoms with E-state index >= 15 is 0 Å². The average Bonchev–Trinajstić information content (AvgIpc) is 3.75. The van der Waals surface area contributed by atoms with Crippen LogP contribution in [0.5, 0.6) is 0 Å². The van der Waals surface area contributed by atoms with Gasteiger partial charge in [0.15, 0.2) is 5.82 Å². The number of aromatic nitrogens is 2. The first-order valence-electron chi connectivity index (χ1n) is 26.1. The van der Waals surface area contributed by atoms with Crippen LogP contribution in [-0.2, 0) is 0 Å². The van der Waals surface area contributed by atoms with Crippen LogP contribution in [0.3, 0.4) is 0 Å². The lowest BCUT2D eigenvalue weighted by Gasteiger charge is -2.11. The minimum absolute atomic E-state index is 0.503. The zero-order valence-corrected chi connectivity index (χ0v) is 22.3. The van der Waals surface area contributed by atoms with Crippen LogP contribution in [-0.4, -0.2) is 9.97 Å². The van der Waals surface area contributed by atoms with Gasteiger partial charge in [-0.3, -0.25) is 0 Å². The minimum Gasteiger partial charge on any atom is -0.455 e. The van der Waals surface area contributed by atoms with Crippen LogP contribution in [0.15, 0.2) is 162 Å². The first kappa shape index (κ1) is 10.5. The molecule has 0 N–H and O–H groups in total. The molecule has 0 fully saturated rings. The van der Waals surface area contributed by atoms with Crippen molar-refractivity contribution >= 4 is 43.6 Å². The minimum atomic E-state index is -0.989. The molecule has 0 atom stereocenters. The summed E-state index contributed by atoms with van der Waals surface area (Å²) in [5.74, 6) is -0.818. The van der Waals surface area contributed by atoms with Gasteiger partial charge in [0.25, 0.3) is 0 Å². The van der Waals surface area contributed by atoms with Gasteiger partial charge in [-0.05, 0) is 63.9 Å². The Hall–Kier alpha value is -6.06. The van der Waals surface area contributed by atoms with E-state index in [4.69, 9.17) is 33.2 Å². The molecule has 0 aliphatic rings. The van der Waals surface area contributed by atoms with E-state index in [-0.39, 0.29) is 0 Å². The molecule has 0 amide bonds. The monoisotopic (exact) mass is 600 g/mol. The van der Waals surface area contributed by atoms with Crippen molar-refractivity contribution in [2.45, 2.75) is 0 Å². The third-order valence-corrected chi connectivity index (χ3v) is 6.80. The molecule has 45 heavy (non-hydrogen) atoms. The molecule has 0 saturated carbocycles. The maximum atomic E-state index is 9.69. The van der Waals surface area contributed by atoms with Crippen molar-refractivity contribution in [1.82, 2.24) is 9.97 Å². The molecule has 0 bridgehead atoms. The predicted octanol–water partition coefficient (Wildman–Crippen LogP) is 11.4. The summed E-state index contributed by atoms with van der Waals surface area (Å²) in [6.45, 7) is 0. The highest BCUT2D eigenvalue weighted by Crippen LogP contribution is 2.41. The van der Waals surface area contributed by atoms with Gasteiger partial charge in [0, 0.05) is 32.7 Å². The maximum Gasteiger partial charge on any atom is 0.160 e. The first-order chi connectivity index (χ1) is 33.1. The van der Waals surface area contributed by atoms with E-state index in [0.717, 1.165) is 0 Å². The smallest absolute Gasteiger partial charge is 0.160 e. The number of nitrogens with zero attached hydrogens (tertiary/aromatic N) is 2. The van der Waals surface area contributed by atoms with Crippen molar-refractivity contribution in [3.63, 3.8) is 0 Å². The zero-order chi connectivity index (χ0) is 52.4. The summed E-state index contributed by atoms with van der Waals surface area (Å²) >= 11 is 0. The van der Waals surface area contributed by atoms with E-state index in [0.29, 0.717) is 0 Å². The van der Waals surface area contributed by atoms with Crippen LogP contribution in [0.2, 0.25) is 0 Å². The standard InChI is InChI=1S/C42H26N2O/c1-3-12-27(13-4-1)29-16-11-17-30(24-29)40-34-20-9-10-21-38(34)43-42(44-40)31-22-23-39-36(25-31)37-26-35(28-14-5-2-6-15-28)32-18-7-8-19-33(32)41(37)45-39/h1-26H/i1D,2D,3D,4D,5D,6D,7D,8D,9D,10D,11D,12D,13D,14D,15D,16D,17D,18D,19D,20D,21D,22D,23D,24D,25D,26D. The Labute approximate surface area is 296 Å². The summed E-state index contributed by atoms with van der Waals surface area (Å²) in [6, 6.07) is -22.8. The third kappa shape index (κ3) is 4.29. The fraction of sp³-hybridized carbons (Fsp3) is 0. The summed E-state index contributed by atoms with van der Waals surface area (Å²) in [7, 11) is 0. The van der Waals surface area contributed by atoms with Crippen LogP contribution in [0.1, 0.15) is 35.6 Å². The van der Waals surface area contributed by atoms with E-state index in [9.17, 15) is 6.85 Å². The molecule has 2 aromatic heterocycles. The van der Waals surface area contributed by atoms with Crippen LogP contribution >= 0.6 is 0 Å². The molecule has 9 rings (SSSR count). The van der Waals surface area contributed by atoms with E-state index in [1.54, 1.807) is 0 Å². The number of benzene rings is 7. The number of hydrogen-bond acceptors (Lipinski definition) is 3. The summed E-state index contributed by atoms with van der Waals surface area (Å²) in [6.07, 6.45) is 0. The Morgan fingerprint density at radius 1 is 0.422 bits per heavy atom. The predicted molar refractivity (Wildman–Crippen MR) is 186 cm³/mol. The average molecular weight is 601 g/mol. The van der Waals surface area contributed by atoms with E-state index in [1.165, 1.54) is 0 Å². The summed E-state index contributed by atoms with van der Waals surface area (Å²) in [5, 5.41) is -2.70. The zero-order valence-electron chi connectivity index (χ0n) is 48.3. The fourth-order valence-corrected chi connectivity index (χ4v) is 4.85. The molecule has 0 aliphatic heterocycles. The Kier molecular flexibility index (Phi) is 2.41. The van der Waals surface area contributed by atoms with Crippen molar-refractivity contribution in [2.24, 2.45) is 0 Å². The second-order valence-corrected chi connectivity index (χ2v) is 9.38. The van der Waals surface area contributed by atoms with Crippen molar-refractivity contribution in [3.8, 4) is 44.9 Å². The van der Waals surface area contributed by atoms with Gasteiger partial charge in [0.1, 0.15) is 11.2 Å². The van der Waals surface area contributed by atoms with Gasteiger partial charge < -0.3 is 4.42 Å². The quantitative estimate of drug-likeness (QED) is 0.202. The van der Waals surface area contributed by atoms with Gasteiger partial charge in [-0.2, -0.15) is 0 Å². The molecule has 2 heterocycles. The third-order valence-electron chi connectivity index (χ3n) is 6.80. The fourth-order valence-electron chi connectivity index (χ4n) is 4.85. The van der Waals surface area contributed by atoms with Crippen LogP contribution in [0, 0.1) is 0 Å². The molecule has 0 spiro atoms. The van der Waals surface area contributed by atoms with Crippen molar-refractivity contribution < 1.29 is 40.1 Å². The molecule has 0 aliphatic carbocycles. The Morgan fingerprint density at radius 2 is 1.09 bits per heavy atom. The number of furan rings is 1. The van der Waals surface area contributed by atoms with Crippen LogP contribution in [0.4, 0.5) is 0 Å². The molecule has 0 unspecified atom stereocenters. The van der Waals surface area contributed by atoms with Gasteiger partial charge in [0.2, 0.25) is 0 Å². The van der Waals surface area contributed by atoms with Gasteiger partial charge >= 0.3 is 0 Å². The highest BCUT2D eigenvalue weighted by molar-refractivity contribution is 6.19. The topological polar surface area (TPSA) is 38.9 Å². The molecule has 3 nitrogen and oxygen atoms in total. The molecular formula is C42H26N2O. The second-order valence-electron chi connectivity index (χ2n) is 9.38. The molecule has 3 heteroatoms. The summed E-state index contributed by atoms with van der Waals surface area (Å²) in [5.41, 5.74) is -6.93. The largest absolute Gasteiger partial charge is 0.455 e. The Morgan fingerprint density at radius 3 is 1.91 bits per heavy atom. The maximum absolute atomic E-state index is 9.69. The number of hydrogen-bond donors (Lipinski definition) is 0. The second kappa shape index (κ2) is 10.3. The molecule has 9 aromatic rings. The van der Waals surface area contributed by atoms with Crippen molar-refractivity contribution in [2.75, 3.05) is 0 Å². The molecule has 0 radical (unpaired) electrons. The number of rotatable bonds is 4. The lowest BCUT2D eigenvalue weighted by molar-refractivity contribution is 0.672. The van der Waals surface area contributed by atoms with E-state index < -0.39 is 246 Å². The van der Waals surface area contributed by atoms with Crippen molar-refractivity contribution in [3.05, 3.63) is 157 Å². The highest BCUT2D eigenvalue weighted by atomic mass is 16.3. The first-order valence-corrected chi connectivity index (χ1v) is 13.1. The Balaban J connectivity index is 1.49. The van der Waals surface area contributed by atoms with Gasteiger partial charge in [-0.15, -0.1) is 0 Å². The normalized spacial score (nSPS) is 19.6. The SMILES string of the molecule is [2H]c1c([2H])c([2H])c(-c2c([2H])c([2H])c([2H])c(-c3nc(-c4c([2H])c([2H])c5oc6c7c([2H])c([2H])c([2H])c([2H])c7c(-c7c([2H])c([2H])c([2H])c([2H])c7[2H])c([2H])c6c5c4[2H])nc4c([2H])c([2H])c([2H])c([2H])c34)c2[2H])c([2H])c1[2H]. The Bertz CT molecular complexity index is 3960. The summed E-state index contributed by atoms with van der Waals surface area (Å²) in [4.78, 5) is 8.79. The molecular weight excluding hydrogens is 548 g/mol. The number of para-hydroxylation sites is 1. The lowest BCUT2D eigenvalue weighted by Crippen LogP contribution is -1.95. The number of fused-ring (bicyclic) bond motifs is 6. The van der Waals surface area contributed by atoms with E-state index in [1.807, 2.05) is 0 Å². The van der Waals surface area contributed by atoms with E-state index in [2.05, 4.69) is 9.97 Å². The molecule has 0 saturated heterocycles. The van der Waals surface area contributed by atoms with Crippen molar-refractivity contribution in [1.29, 1.82) is 0 Å².